The average Bonchev–Trinajstić information content (AvgIpc) is 2.87. The number of amides is 1. The summed E-state index contributed by atoms with van der Waals surface area (Å²) in [6.07, 6.45) is 3.66. The Balaban J connectivity index is 2.06. The molecule has 1 atom stereocenters. The SMILES string of the molecule is CCN(C(=O)Cn1ccnc1Cl)C1CCS(=O)(=O)C1. The number of imidazole rings is 1. The first-order chi connectivity index (χ1) is 8.93. The van der Waals surface area contributed by atoms with Crippen LogP contribution in [0, 0.1) is 0 Å². The molecule has 1 fully saturated rings. The zero-order valence-corrected chi connectivity index (χ0v) is 12.2. The van der Waals surface area contributed by atoms with E-state index < -0.39 is 9.84 Å². The van der Waals surface area contributed by atoms with E-state index in [9.17, 15) is 13.2 Å². The Morgan fingerprint density at radius 1 is 1.63 bits per heavy atom. The van der Waals surface area contributed by atoms with Crippen LogP contribution in [0.4, 0.5) is 0 Å². The molecule has 0 bridgehead atoms. The Bertz CT molecular complexity index is 569. The zero-order valence-electron chi connectivity index (χ0n) is 10.6. The maximum Gasteiger partial charge on any atom is 0.242 e. The van der Waals surface area contributed by atoms with Gasteiger partial charge < -0.3 is 9.47 Å². The van der Waals surface area contributed by atoms with Crippen molar-refractivity contribution in [3.63, 3.8) is 0 Å². The number of carbonyl (C=O) groups excluding carboxylic acids is 1. The van der Waals surface area contributed by atoms with Gasteiger partial charge in [0.25, 0.3) is 0 Å². The highest BCUT2D eigenvalue weighted by Crippen LogP contribution is 2.18. The molecular formula is C11H16ClN3O3S. The Labute approximate surface area is 117 Å². The van der Waals surface area contributed by atoms with Crippen molar-refractivity contribution in [3.8, 4) is 0 Å². The summed E-state index contributed by atoms with van der Waals surface area (Å²) in [5.41, 5.74) is 0. The van der Waals surface area contributed by atoms with Crippen molar-refractivity contribution in [2.45, 2.75) is 25.9 Å². The molecule has 1 aliphatic rings. The fourth-order valence-electron chi connectivity index (χ4n) is 2.32. The normalized spacial score (nSPS) is 21.5. The van der Waals surface area contributed by atoms with Crippen molar-refractivity contribution in [1.29, 1.82) is 0 Å². The minimum Gasteiger partial charge on any atom is -0.337 e. The molecular weight excluding hydrogens is 290 g/mol. The first-order valence-corrected chi connectivity index (χ1v) is 8.29. The summed E-state index contributed by atoms with van der Waals surface area (Å²) in [6, 6.07) is -0.218. The molecule has 106 valence electrons. The number of halogens is 1. The molecule has 1 aromatic heterocycles. The highest BCUT2D eigenvalue weighted by atomic mass is 35.5. The number of aromatic nitrogens is 2. The second-order valence-corrected chi connectivity index (χ2v) is 7.13. The monoisotopic (exact) mass is 305 g/mol. The lowest BCUT2D eigenvalue weighted by Gasteiger charge is -2.27. The van der Waals surface area contributed by atoms with Gasteiger partial charge in [0.05, 0.1) is 11.5 Å². The predicted octanol–water partition coefficient (Wildman–Crippen LogP) is 0.572. The summed E-state index contributed by atoms with van der Waals surface area (Å²) < 4.78 is 24.5. The molecule has 1 amide bonds. The van der Waals surface area contributed by atoms with Gasteiger partial charge in [0.2, 0.25) is 11.2 Å². The summed E-state index contributed by atoms with van der Waals surface area (Å²) in [4.78, 5) is 17.7. The maximum atomic E-state index is 12.2. The molecule has 0 radical (unpaired) electrons. The van der Waals surface area contributed by atoms with Gasteiger partial charge in [0, 0.05) is 25.0 Å². The van der Waals surface area contributed by atoms with E-state index >= 15 is 0 Å². The third kappa shape index (κ3) is 3.27. The fraction of sp³-hybridized carbons (Fsp3) is 0.636. The van der Waals surface area contributed by atoms with Gasteiger partial charge in [-0.3, -0.25) is 4.79 Å². The first-order valence-electron chi connectivity index (χ1n) is 6.09. The Morgan fingerprint density at radius 2 is 2.37 bits per heavy atom. The van der Waals surface area contributed by atoms with Gasteiger partial charge in [-0.05, 0) is 24.9 Å². The largest absolute Gasteiger partial charge is 0.337 e. The zero-order chi connectivity index (χ0) is 14.0. The van der Waals surface area contributed by atoms with Gasteiger partial charge in [0.1, 0.15) is 6.54 Å². The van der Waals surface area contributed by atoms with Crippen LogP contribution in [-0.2, 0) is 21.2 Å². The summed E-state index contributed by atoms with van der Waals surface area (Å²) in [6.45, 7) is 2.42. The van der Waals surface area contributed by atoms with Crippen LogP contribution in [0.3, 0.4) is 0 Å². The van der Waals surface area contributed by atoms with Crippen molar-refractivity contribution >= 4 is 27.3 Å². The lowest BCUT2D eigenvalue weighted by molar-refractivity contribution is -0.133. The molecule has 0 saturated carbocycles. The molecule has 1 saturated heterocycles. The van der Waals surface area contributed by atoms with Crippen LogP contribution in [-0.4, -0.2) is 52.9 Å². The van der Waals surface area contributed by atoms with Gasteiger partial charge in [0.15, 0.2) is 9.84 Å². The van der Waals surface area contributed by atoms with Crippen LogP contribution in [0.5, 0.6) is 0 Å². The standard InChI is InChI=1S/C11H16ClN3O3S/c1-2-15(9-3-6-19(17,18)8-9)10(16)7-14-5-4-13-11(14)12/h4-5,9H,2-3,6-8H2,1H3. The smallest absolute Gasteiger partial charge is 0.242 e. The van der Waals surface area contributed by atoms with Gasteiger partial charge in [-0.2, -0.15) is 0 Å². The average molecular weight is 306 g/mol. The molecule has 0 aliphatic carbocycles. The van der Waals surface area contributed by atoms with Gasteiger partial charge in [-0.1, -0.05) is 0 Å². The van der Waals surface area contributed by atoms with Crippen molar-refractivity contribution in [3.05, 3.63) is 17.7 Å². The molecule has 2 rings (SSSR count). The van der Waals surface area contributed by atoms with E-state index in [1.807, 2.05) is 6.92 Å². The van der Waals surface area contributed by atoms with Crippen LogP contribution < -0.4 is 0 Å². The number of hydrogen-bond acceptors (Lipinski definition) is 4. The van der Waals surface area contributed by atoms with Crippen LogP contribution in [0.2, 0.25) is 5.28 Å². The van der Waals surface area contributed by atoms with Crippen LogP contribution in [0.1, 0.15) is 13.3 Å². The topological polar surface area (TPSA) is 72.3 Å². The van der Waals surface area contributed by atoms with E-state index in [1.54, 1.807) is 11.1 Å². The van der Waals surface area contributed by atoms with E-state index in [4.69, 9.17) is 11.6 Å². The molecule has 2 heterocycles. The lowest BCUT2D eigenvalue weighted by atomic mass is 10.2. The Morgan fingerprint density at radius 3 is 2.84 bits per heavy atom. The quantitative estimate of drug-likeness (QED) is 0.815. The minimum atomic E-state index is -2.99. The van der Waals surface area contributed by atoms with E-state index in [0.29, 0.717) is 13.0 Å². The molecule has 1 aromatic rings. The second-order valence-electron chi connectivity index (χ2n) is 4.56. The molecule has 8 heteroatoms. The predicted molar refractivity (Wildman–Crippen MR) is 71.7 cm³/mol. The fourth-order valence-corrected chi connectivity index (χ4v) is 4.23. The van der Waals surface area contributed by atoms with Crippen molar-refractivity contribution < 1.29 is 13.2 Å². The third-order valence-corrected chi connectivity index (χ3v) is 5.35. The molecule has 0 aromatic carbocycles. The third-order valence-electron chi connectivity index (χ3n) is 3.28. The second kappa shape index (κ2) is 5.50. The summed E-state index contributed by atoms with van der Waals surface area (Å²) in [7, 11) is -2.99. The molecule has 1 unspecified atom stereocenters. The number of hydrogen-bond donors (Lipinski definition) is 0. The highest BCUT2D eigenvalue weighted by molar-refractivity contribution is 7.91. The van der Waals surface area contributed by atoms with Crippen LogP contribution in [0.25, 0.3) is 0 Å². The Kier molecular flexibility index (Phi) is 4.15. The molecule has 6 nitrogen and oxygen atoms in total. The number of rotatable bonds is 4. The molecule has 19 heavy (non-hydrogen) atoms. The van der Waals surface area contributed by atoms with Gasteiger partial charge >= 0.3 is 0 Å². The number of sulfone groups is 1. The number of carbonyl (C=O) groups is 1. The van der Waals surface area contributed by atoms with Crippen LogP contribution >= 0.6 is 11.6 Å². The van der Waals surface area contributed by atoms with E-state index in [0.717, 1.165) is 0 Å². The van der Waals surface area contributed by atoms with Gasteiger partial charge in [-0.15, -0.1) is 0 Å². The summed E-state index contributed by atoms with van der Waals surface area (Å²) in [5.74, 6) is 0.0850. The van der Waals surface area contributed by atoms with Gasteiger partial charge in [-0.25, -0.2) is 13.4 Å². The van der Waals surface area contributed by atoms with E-state index in [2.05, 4.69) is 4.98 Å². The van der Waals surface area contributed by atoms with E-state index in [-0.39, 0.29) is 35.3 Å². The maximum absolute atomic E-state index is 12.2. The highest BCUT2D eigenvalue weighted by Gasteiger charge is 2.33. The number of likely N-dealkylation sites (N-methyl/N-ethyl adjacent to an activating group) is 1. The lowest BCUT2D eigenvalue weighted by Crippen LogP contribution is -2.42. The van der Waals surface area contributed by atoms with Crippen molar-refractivity contribution in [1.82, 2.24) is 14.5 Å². The van der Waals surface area contributed by atoms with Crippen LogP contribution in [0.15, 0.2) is 12.4 Å². The molecule has 1 aliphatic heterocycles. The Hall–Kier alpha value is -1.08. The summed E-state index contributed by atoms with van der Waals surface area (Å²) >= 11 is 5.82. The molecule has 0 N–H and O–H groups in total. The van der Waals surface area contributed by atoms with Crippen molar-refractivity contribution in [2.24, 2.45) is 0 Å². The molecule has 0 spiro atoms. The summed E-state index contributed by atoms with van der Waals surface area (Å²) in [5, 5.41) is 0.253. The number of nitrogens with zero attached hydrogens (tertiary/aromatic N) is 3. The van der Waals surface area contributed by atoms with Crippen molar-refractivity contribution in [2.75, 3.05) is 18.1 Å². The minimum absolute atomic E-state index is 0.0598. The first kappa shape index (κ1) is 14.3. The van der Waals surface area contributed by atoms with E-state index in [1.165, 1.54) is 10.8 Å².